The molecule has 7 nitrogen and oxygen atoms in total. The molecule has 1 aromatic carbocycles. The molecular formula is C30H37N5O2S. The molecule has 1 saturated carbocycles. The molecule has 1 amide bonds. The number of nitrogens with zero attached hydrogens (tertiary/aromatic N) is 3. The Labute approximate surface area is 230 Å². The lowest BCUT2D eigenvalue weighted by molar-refractivity contribution is -0.123. The molecule has 2 aromatic heterocycles. The van der Waals surface area contributed by atoms with Gasteiger partial charge in [-0.25, -0.2) is 0 Å². The van der Waals surface area contributed by atoms with Crippen LogP contribution in [0.25, 0.3) is 0 Å². The highest BCUT2D eigenvalue weighted by atomic mass is 32.1. The third kappa shape index (κ3) is 5.14. The molecule has 2 fully saturated rings. The van der Waals surface area contributed by atoms with Crippen molar-refractivity contribution in [2.24, 2.45) is 5.41 Å². The molecule has 5 rings (SSSR count). The predicted octanol–water partition coefficient (Wildman–Crippen LogP) is 6.56. The van der Waals surface area contributed by atoms with Crippen LogP contribution < -0.4 is 20.3 Å². The molecule has 2 atom stereocenters. The van der Waals surface area contributed by atoms with Crippen molar-refractivity contribution in [1.82, 2.24) is 14.9 Å². The summed E-state index contributed by atoms with van der Waals surface area (Å²) in [6.45, 7) is 5.67. The number of aromatic nitrogens is 2. The van der Waals surface area contributed by atoms with Crippen LogP contribution in [-0.4, -0.2) is 27.7 Å². The van der Waals surface area contributed by atoms with E-state index in [9.17, 15) is 4.79 Å². The average Bonchev–Trinajstić information content (AvgIpc) is 3.53. The monoisotopic (exact) mass is 531 g/mol. The van der Waals surface area contributed by atoms with Gasteiger partial charge in [-0.05, 0) is 61.5 Å². The summed E-state index contributed by atoms with van der Waals surface area (Å²) >= 11 is 5.95. The molecule has 3 aromatic rings. The maximum Gasteiger partial charge on any atom is 0.229 e. The molecule has 8 heteroatoms. The number of amides is 1. The predicted molar refractivity (Wildman–Crippen MR) is 156 cm³/mol. The summed E-state index contributed by atoms with van der Waals surface area (Å²) in [7, 11) is 1.62. The molecule has 38 heavy (non-hydrogen) atoms. The fourth-order valence-electron chi connectivity index (χ4n) is 5.53. The number of nitrogens with one attached hydrogen (secondary N) is 2. The summed E-state index contributed by atoms with van der Waals surface area (Å²) in [6.07, 6.45) is 10.3. The summed E-state index contributed by atoms with van der Waals surface area (Å²) in [4.78, 5) is 19.5. The van der Waals surface area contributed by atoms with Crippen LogP contribution in [0.5, 0.6) is 5.75 Å². The first-order valence-corrected chi connectivity index (χ1v) is 13.9. The highest BCUT2D eigenvalue weighted by molar-refractivity contribution is 7.80. The van der Waals surface area contributed by atoms with Gasteiger partial charge in [-0.2, -0.15) is 0 Å². The van der Waals surface area contributed by atoms with Gasteiger partial charge in [-0.15, -0.1) is 0 Å². The second-order valence-corrected chi connectivity index (χ2v) is 11.6. The Balaban J connectivity index is 1.56. The van der Waals surface area contributed by atoms with Crippen LogP contribution in [0, 0.1) is 5.41 Å². The maximum atomic E-state index is 12.7. The van der Waals surface area contributed by atoms with E-state index in [1.165, 1.54) is 37.8 Å². The van der Waals surface area contributed by atoms with Gasteiger partial charge in [0.25, 0.3) is 0 Å². The number of ether oxygens (including phenoxy) is 1. The number of methoxy groups -OCH3 is 1. The first-order valence-electron chi connectivity index (χ1n) is 13.4. The van der Waals surface area contributed by atoms with E-state index in [0.29, 0.717) is 22.6 Å². The Morgan fingerprint density at radius 2 is 1.89 bits per heavy atom. The quantitative estimate of drug-likeness (QED) is 0.351. The zero-order chi connectivity index (χ0) is 26.9. The largest absolute Gasteiger partial charge is 0.494 e. The van der Waals surface area contributed by atoms with Gasteiger partial charge in [0, 0.05) is 41.3 Å². The van der Waals surface area contributed by atoms with Crippen molar-refractivity contribution >= 4 is 34.6 Å². The summed E-state index contributed by atoms with van der Waals surface area (Å²) in [5.41, 5.74) is 3.17. The van der Waals surface area contributed by atoms with Crippen molar-refractivity contribution in [3.8, 4) is 5.75 Å². The van der Waals surface area contributed by atoms with Gasteiger partial charge in [0.2, 0.25) is 5.91 Å². The van der Waals surface area contributed by atoms with Crippen molar-refractivity contribution in [1.29, 1.82) is 0 Å². The Morgan fingerprint density at radius 1 is 1.11 bits per heavy atom. The van der Waals surface area contributed by atoms with Crippen LogP contribution in [-0.2, 0) is 4.79 Å². The number of hydrogen-bond acceptors (Lipinski definition) is 4. The second kappa shape index (κ2) is 10.8. The molecule has 2 aliphatic rings. The van der Waals surface area contributed by atoms with E-state index < -0.39 is 5.41 Å². The molecule has 1 aliphatic carbocycles. The van der Waals surface area contributed by atoms with E-state index in [0.717, 1.165) is 11.4 Å². The van der Waals surface area contributed by atoms with E-state index in [-0.39, 0.29) is 18.0 Å². The van der Waals surface area contributed by atoms with Gasteiger partial charge in [0.1, 0.15) is 11.8 Å². The molecule has 0 radical (unpaired) electrons. The SMILES string of the molecule is COc1cc(N2C(=S)NC(c3ccccn3)C2c2cccn2C2CCCCC2)ccc1NC(=O)C(C)(C)C. The summed E-state index contributed by atoms with van der Waals surface area (Å²) in [6, 6.07) is 16.5. The first-order chi connectivity index (χ1) is 18.3. The van der Waals surface area contributed by atoms with E-state index in [2.05, 4.69) is 44.5 Å². The Hall–Kier alpha value is -3.39. The number of anilines is 2. The topological polar surface area (TPSA) is 71.4 Å². The normalized spacial score (nSPS) is 20.3. The lowest BCUT2D eigenvalue weighted by atomic mass is 9.94. The second-order valence-electron chi connectivity index (χ2n) is 11.2. The van der Waals surface area contributed by atoms with Crippen molar-refractivity contribution in [3.63, 3.8) is 0 Å². The minimum Gasteiger partial charge on any atom is -0.494 e. The van der Waals surface area contributed by atoms with Crippen LogP contribution in [0.1, 0.15) is 82.4 Å². The van der Waals surface area contributed by atoms with Gasteiger partial charge in [0.05, 0.1) is 24.5 Å². The Bertz CT molecular complexity index is 1290. The minimum atomic E-state index is -0.518. The molecule has 2 unspecified atom stereocenters. The smallest absolute Gasteiger partial charge is 0.229 e. The van der Waals surface area contributed by atoms with Gasteiger partial charge >= 0.3 is 0 Å². The summed E-state index contributed by atoms with van der Waals surface area (Å²) < 4.78 is 8.18. The number of thiocarbonyl (C=S) groups is 1. The third-order valence-corrected chi connectivity index (χ3v) is 7.89. The summed E-state index contributed by atoms with van der Waals surface area (Å²) in [5.74, 6) is 0.519. The molecule has 1 saturated heterocycles. The zero-order valence-electron chi connectivity index (χ0n) is 22.6. The van der Waals surface area contributed by atoms with Crippen LogP contribution in [0.2, 0.25) is 0 Å². The van der Waals surface area contributed by atoms with E-state index in [1.807, 2.05) is 57.3 Å². The van der Waals surface area contributed by atoms with Crippen LogP contribution in [0.4, 0.5) is 11.4 Å². The summed E-state index contributed by atoms with van der Waals surface area (Å²) in [5, 5.41) is 7.21. The van der Waals surface area contributed by atoms with Crippen LogP contribution in [0.3, 0.4) is 0 Å². The molecular weight excluding hydrogens is 494 g/mol. The van der Waals surface area contributed by atoms with Crippen molar-refractivity contribution in [3.05, 3.63) is 72.3 Å². The Morgan fingerprint density at radius 3 is 2.58 bits per heavy atom. The molecule has 2 N–H and O–H groups in total. The number of pyridine rings is 1. The zero-order valence-corrected chi connectivity index (χ0v) is 23.4. The van der Waals surface area contributed by atoms with Gasteiger partial charge in [-0.3, -0.25) is 9.78 Å². The van der Waals surface area contributed by atoms with Crippen molar-refractivity contribution in [2.45, 2.75) is 71.0 Å². The highest BCUT2D eigenvalue weighted by Gasteiger charge is 2.42. The maximum absolute atomic E-state index is 12.7. The Kier molecular flexibility index (Phi) is 7.43. The van der Waals surface area contributed by atoms with Gasteiger partial charge < -0.3 is 24.8 Å². The molecule has 3 heterocycles. The van der Waals surface area contributed by atoms with Crippen LogP contribution in [0.15, 0.2) is 60.9 Å². The first kappa shape index (κ1) is 26.2. The fraction of sp³-hybridized carbons (Fsp3) is 0.433. The number of benzene rings is 1. The highest BCUT2D eigenvalue weighted by Crippen LogP contribution is 2.45. The van der Waals surface area contributed by atoms with Crippen molar-refractivity contribution in [2.75, 3.05) is 17.3 Å². The number of carbonyl (C=O) groups excluding carboxylic acids is 1. The molecule has 1 aliphatic heterocycles. The molecule has 0 bridgehead atoms. The lowest BCUT2D eigenvalue weighted by Crippen LogP contribution is -2.31. The lowest BCUT2D eigenvalue weighted by Gasteiger charge is -2.32. The van der Waals surface area contributed by atoms with Gasteiger partial charge in [-0.1, -0.05) is 46.1 Å². The number of rotatable bonds is 6. The van der Waals surface area contributed by atoms with E-state index in [4.69, 9.17) is 21.9 Å². The standard InChI is InChI=1S/C30H37N5O2S/c1-30(2,3)28(36)32-22-16-15-21(19-25(22)37-4)35-27(26(33-29(35)38)23-13-8-9-17-31-23)24-14-10-18-34(24)20-11-6-5-7-12-20/h8-10,13-20,26-27H,5-7,11-12H2,1-4H3,(H,32,36)(H,33,38). The van der Waals surface area contributed by atoms with Crippen LogP contribution >= 0.6 is 12.2 Å². The fourth-order valence-corrected chi connectivity index (χ4v) is 5.87. The number of hydrogen-bond donors (Lipinski definition) is 2. The van der Waals surface area contributed by atoms with Crippen molar-refractivity contribution < 1.29 is 9.53 Å². The number of carbonyl (C=O) groups is 1. The van der Waals surface area contributed by atoms with E-state index in [1.54, 1.807) is 7.11 Å². The average molecular weight is 532 g/mol. The molecule has 0 spiro atoms. The molecule has 200 valence electrons. The minimum absolute atomic E-state index is 0.0692. The van der Waals surface area contributed by atoms with E-state index >= 15 is 0 Å². The third-order valence-electron chi connectivity index (χ3n) is 7.57. The van der Waals surface area contributed by atoms with Gasteiger partial charge in [0.15, 0.2) is 5.11 Å².